The van der Waals surface area contributed by atoms with Gasteiger partial charge in [-0.2, -0.15) is 0 Å². The van der Waals surface area contributed by atoms with E-state index in [9.17, 15) is 4.79 Å². The zero-order chi connectivity index (χ0) is 14.7. The molecule has 1 aromatic rings. The Balaban J connectivity index is 1.47. The minimum atomic E-state index is 0.304. The molecule has 116 valence electrons. The van der Waals surface area contributed by atoms with Crippen LogP contribution in [0, 0.1) is 12.8 Å². The fraction of sp³-hybridized carbons (Fsp3) is 0.706. The van der Waals surface area contributed by atoms with Crippen molar-refractivity contribution in [1.29, 1.82) is 0 Å². The molecule has 1 aliphatic heterocycles. The van der Waals surface area contributed by atoms with Gasteiger partial charge in [-0.25, -0.2) is 0 Å². The van der Waals surface area contributed by atoms with Gasteiger partial charge in [0.05, 0.1) is 6.54 Å². The van der Waals surface area contributed by atoms with Gasteiger partial charge in [-0.05, 0) is 31.9 Å². The molecule has 2 heterocycles. The topological polar surface area (TPSA) is 36.7 Å². The second-order valence-electron chi connectivity index (χ2n) is 6.45. The molecule has 0 radical (unpaired) electrons. The van der Waals surface area contributed by atoms with Crippen LogP contribution in [0.15, 0.2) is 16.5 Å². The van der Waals surface area contributed by atoms with Crippen LogP contribution in [0.1, 0.15) is 43.6 Å². The monoisotopic (exact) mass is 290 g/mol. The van der Waals surface area contributed by atoms with E-state index in [2.05, 4.69) is 15.9 Å². The number of piperazine rings is 1. The number of carbonyl (C=O) groups is 1. The number of amides is 1. The smallest absolute Gasteiger partial charge is 0.225 e. The Bertz CT molecular complexity index is 469. The summed E-state index contributed by atoms with van der Waals surface area (Å²) in [6.45, 7) is 6.49. The maximum atomic E-state index is 12.5. The van der Waals surface area contributed by atoms with Crippen LogP contribution in [0.25, 0.3) is 0 Å². The molecule has 2 fully saturated rings. The average molecular weight is 290 g/mol. The Labute approximate surface area is 127 Å². The van der Waals surface area contributed by atoms with Gasteiger partial charge < -0.3 is 9.32 Å². The van der Waals surface area contributed by atoms with Crippen molar-refractivity contribution in [3.05, 3.63) is 23.7 Å². The molecule has 0 atom stereocenters. The van der Waals surface area contributed by atoms with E-state index in [0.717, 1.165) is 57.1 Å². The largest absolute Gasteiger partial charge is 0.465 e. The van der Waals surface area contributed by atoms with Crippen molar-refractivity contribution in [3.63, 3.8) is 0 Å². The van der Waals surface area contributed by atoms with Crippen molar-refractivity contribution in [2.45, 2.75) is 45.6 Å². The number of carbonyl (C=O) groups excluding carboxylic acids is 1. The molecule has 3 rings (SSSR count). The maximum absolute atomic E-state index is 12.5. The highest BCUT2D eigenvalue weighted by atomic mass is 16.3. The molecule has 2 aliphatic rings. The first-order valence-electron chi connectivity index (χ1n) is 8.29. The van der Waals surface area contributed by atoms with E-state index in [0.29, 0.717) is 11.8 Å². The van der Waals surface area contributed by atoms with Gasteiger partial charge in [0.15, 0.2) is 0 Å². The summed E-state index contributed by atoms with van der Waals surface area (Å²) in [6, 6.07) is 4.06. The summed E-state index contributed by atoms with van der Waals surface area (Å²) in [5.41, 5.74) is 0. The van der Waals surface area contributed by atoms with Crippen molar-refractivity contribution in [3.8, 4) is 0 Å². The molecule has 0 bridgehead atoms. The molecule has 0 unspecified atom stereocenters. The van der Waals surface area contributed by atoms with Gasteiger partial charge in [0.25, 0.3) is 0 Å². The van der Waals surface area contributed by atoms with E-state index in [1.54, 1.807) is 0 Å². The molecule has 1 amide bonds. The number of hydrogen-bond donors (Lipinski definition) is 0. The lowest BCUT2D eigenvalue weighted by Crippen LogP contribution is -2.50. The van der Waals surface area contributed by atoms with Crippen LogP contribution in [-0.4, -0.2) is 41.9 Å². The van der Waals surface area contributed by atoms with Crippen LogP contribution in [0.2, 0.25) is 0 Å². The molecule has 4 nitrogen and oxygen atoms in total. The Morgan fingerprint density at radius 1 is 1.14 bits per heavy atom. The maximum Gasteiger partial charge on any atom is 0.225 e. The second-order valence-corrected chi connectivity index (χ2v) is 6.45. The average Bonchev–Trinajstić information content (AvgIpc) is 2.93. The van der Waals surface area contributed by atoms with Gasteiger partial charge in [0, 0.05) is 32.1 Å². The molecular weight excluding hydrogens is 264 g/mol. The summed E-state index contributed by atoms with van der Waals surface area (Å²) in [5.74, 6) is 2.71. The molecule has 21 heavy (non-hydrogen) atoms. The number of hydrogen-bond acceptors (Lipinski definition) is 3. The number of aryl methyl sites for hydroxylation is 1. The molecule has 1 aromatic heterocycles. The number of furan rings is 1. The predicted molar refractivity (Wildman–Crippen MR) is 81.9 cm³/mol. The summed E-state index contributed by atoms with van der Waals surface area (Å²) < 4.78 is 5.63. The van der Waals surface area contributed by atoms with Crippen LogP contribution in [0.4, 0.5) is 0 Å². The van der Waals surface area contributed by atoms with Crippen molar-refractivity contribution >= 4 is 5.91 Å². The molecule has 4 heteroatoms. The lowest BCUT2D eigenvalue weighted by atomic mass is 9.88. The van der Waals surface area contributed by atoms with Crippen LogP contribution < -0.4 is 0 Å². The first-order chi connectivity index (χ1) is 10.2. The Morgan fingerprint density at radius 3 is 2.48 bits per heavy atom. The molecular formula is C17H26N2O2. The first kappa shape index (κ1) is 14.6. The second kappa shape index (κ2) is 6.65. The third-order valence-electron chi connectivity index (χ3n) is 4.81. The normalized spacial score (nSPS) is 21.7. The zero-order valence-electron chi connectivity index (χ0n) is 13.0. The Hall–Kier alpha value is -1.29. The molecule has 0 aromatic carbocycles. The lowest BCUT2D eigenvalue weighted by molar-refractivity contribution is -0.138. The standard InChI is InChI=1S/C17H26N2O2/c1-14-7-8-16(21-14)13-18-9-11-19(12-10-18)17(20)15-5-3-2-4-6-15/h7-8,15H,2-6,9-13H2,1H3. The number of rotatable bonds is 3. The van der Waals surface area contributed by atoms with E-state index in [-0.39, 0.29) is 0 Å². The van der Waals surface area contributed by atoms with Crippen LogP contribution in [0.3, 0.4) is 0 Å². The highest BCUT2D eigenvalue weighted by molar-refractivity contribution is 5.79. The fourth-order valence-electron chi connectivity index (χ4n) is 3.52. The van der Waals surface area contributed by atoms with Crippen molar-refractivity contribution in [2.75, 3.05) is 26.2 Å². The predicted octanol–water partition coefficient (Wildman–Crippen LogP) is 2.81. The van der Waals surface area contributed by atoms with Crippen LogP contribution in [0.5, 0.6) is 0 Å². The summed E-state index contributed by atoms with van der Waals surface area (Å²) in [5, 5.41) is 0. The van der Waals surface area contributed by atoms with Gasteiger partial charge in [-0.1, -0.05) is 19.3 Å². The van der Waals surface area contributed by atoms with Gasteiger partial charge >= 0.3 is 0 Å². The zero-order valence-corrected chi connectivity index (χ0v) is 13.0. The summed E-state index contributed by atoms with van der Waals surface area (Å²) in [6.07, 6.45) is 5.97. The molecule has 1 saturated carbocycles. The summed E-state index contributed by atoms with van der Waals surface area (Å²) in [7, 11) is 0. The minimum Gasteiger partial charge on any atom is -0.465 e. The summed E-state index contributed by atoms with van der Waals surface area (Å²) >= 11 is 0. The SMILES string of the molecule is Cc1ccc(CN2CCN(C(=O)C3CCCCC3)CC2)o1. The van der Waals surface area contributed by atoms with Crippen molar-refractivity contribution in [1.82, 2.24) is 9.80 Å². The first-order valence-corrected chi connectivity index (χ1v) is 8.29. The Morgan fingerprint density at radius 2 is 1.86 bits per heavy atom. The highest BCUT2D eigenvalue weighted by Gasteiger charge is 2.28. The molecule has 0 spiro atoms. The van der Waals surface area contributed by atoms with E-state index in [4.69, 9.17) is 4.42 Å². The van der Waals surface area contributed by atoms with Crippen molar-refractivity contribution < 1.29 is 9.21 Å². The van der Waals surface area contributed by atoms with E-state index < -0.39 is 0 Å². The van der Waals surface area contributed by atoms with Gasteiger partial charge in [-0.15, -0.1) is 0 Å². The minimum absolute atomic E-state index is 0.304. The Kier molecular flexibility index (Phi) is 4.63. The molecule has 1 aliphatic carbocycles. The van der Waals surface area contributed by atoms with E-state index >= 15 is 0 Å². The van der Waals surface area contributed by atoms with E-state index in [1.807, 2.05) is 13.0 Å². The van der Waals surface area contributed by atoms with Gasteiger partial charge in [-0.3, -0.25) is 9.69 Å². The highest BCUT2D eigenvalue weighted by Crippen LogP contribution is 2.26. The third kappa shape index (κ3) is 3.67. The lowest BCUT2D eigenvalue weighted by Gasteiger charge is -2.36. The third-order valence-corrected chi connectivity index (χ3v) is 4.81. The van der Waals surface area contributed by atoms with Gasteiger partial charge in [0.2, 0.25) is 5.91 Å². The van der Waals surface area contributed by atoms with Crippen LogP contribution >= 0.6 is 0 Å². The number of nitrogens with zero attached hydrogens (tertiary/aromatic N) is 2. The van der Waals surface area contributed by atoms with Gasteiger partial charge in [0.1, 0.15) is 11.5 Å². The molecule has 0 N–H and O–H groups in total. The van der Waals surface area contributed by atoms with E-state index in [1.165, 1.54) is 19.3 Å². The fourth-order valence-corrected chi connectivity index (χ4v) is 3.52. The summed E-state index contributed by atoms with van der Waals surface area (Å²) in [4.78, 5) is 17.0. The molecule has 1 saturated heterocycles. The van der Waals surface area contributed by atoms with Crippen LogP contribution in [-0.2, 0) is 11.3 Å². The quantitative estimate of drug-likeness (QED) is 0.859. The van der Waals surface area contributed by atoms with Crippen molar-refractivity contribution in [2.24, 2.45) is 5.92 Å².